The van der Waals surface area contributed by atoms with Crippen LogP contribution in [0.3, 0.4) is 0 Å². The summed E-state index contributed by atoms with van der Waals surface area (Å²) in [6.45, 7) is 3.77. The fraction of sp³-hybridized carbons (Fsp3) is 0.200. The summed E-state index contributed by atoms with van der Waals surface area (Å²) in [6, 6.07) is 12.0. The summed E-state index contributed by atoms with van der Waals surface area (Å²) in [5, 5.41) is 11.3. The van der Waals surface area contributed by atoms with Gasteiger partial charge in [0.25, 0.3) is 0 Å². The first-order valence-electron chi connectivity index (χ1n) is 8.39. The Morgan fingerprint density at radius 2 is 1.80 bits per heavy atom. The lowest BCUT2D eigenvalue weighted by atomic mass is 9.98. The molecule has 0 radical (unpaired) electrons. The molecule has 5 heteroatoms. The standard InChI is InChI=1S/C20H19N5/c1-2-15-5-3-4-6-17(15)19-18(16-7-9-21-10-8-16)20(24-23-19)25-13-11-22-12-14-25/h1,3-10,22H,11-14H2,(H,23,24). The molecular formula is C20H19N5. The lowest BCUT2D eigenvalue weighted by molar-refractivity contribution is 0.585. The third-order valence-corrected chi connectivity index (χ3v) is 4.48. The van der Waals surface area contributed by atoms with Crippen molar-refractivity contribution < 1.29 is 0 Å². The molecule has 5 nitrogen and oxygen atoms in total. The zero-order valence-electron chi connectivity index (χ0n) is 13.9. The summed E-state index contributed by atoms with van der Waals surface area (Å²) in [4.78, 5) is 6.46. The Labute approximate surface area is 147 Å². The number of anilines is 1. The van der Waals surface area contributed by atoms with Gasteiger partial charge < -0.3 is 10.2 Å². The maximum atomic E-state index is 5.71. The van der Waals surface area contributed by atoms with Gasteiger partial charge in [0.1, 0.15) is 0 Å². The molecule has 4 rings (SSSR count). The maximum Gasteiger partial charge on any atom is 0.159 e. The van der Waals surface area contributed by atoms with Crippen LogP contribution in [0, 0.1) is 12.3 Å². The minimum Gasteiger partial charge on any atom is -0.352 e. The van der Waals surface area contributed by atoms with Crippen molar-refractivity contribution in [1.29, 1.82) is 0 Å². The van der Waals surface area contributed by atoms with Crippen molar-refractivity contribution in [3.63, 3.8) is 0 Å². The Hall–Kier alpha value is -3.10. The van der Waals surface area contributed by atoms with Gasteiger partial charge in [0.2, 0.25) is 0 Å². The Morgan fingerprint density at radius 3 is 2.56 bits per heavy atom. The van der Waals surface area contributed by atoms with Crippen LogP contribution in [0.1, 0.15) is 5.56 Å². The maximum absolute atomic E-state index is 5.71. The number of aromatic amines is 1. The molecule has 0 unspecified atom stereocenters. The van der Waals surface area contributed by atoms with E-state index in [-0.39, 0.29) is 0 Å². The van der Waals surface area contributed by atoms with Crippen molar-refractivity contribution in [2.24, 2.45) is 0 Å². The van der Waals surface area contributed by atoms with Crippen molar-refractivity contribution in [3.8, 4) is 34.7 Å². The van der Waals surface area contributed by atoms with Crippen molar-refractivity contribution in [3.05, 3.63) is 54.4 Å². The van der Waals surface area contributed by atoms with Crippen molar-refractivity contribution in [1.82, 2.24) is 20.5 Å². The highest BCUT2D eigenvalue weighted by atomic mass is 15.3. The first-order valence-corrected chi connectivity index (χ1v) is 8.39. The quantitative estimate of drug-likeness (QED) is 0.725. The van der Waals surface area contributed by atoms with Crippen LogP contribution < -0.4 is 10.2 Å². The lowest BCUT2D eigenvalue weighted by Crippen LogP contribution is -2.43. The highest BCUT2D eigenvalue weighted by molar-refractivity contribution is 5.90. The SMILES string of the molecule is C#Cc1ccccc1-c1[nH]nc(N2CCNCC2)c1-c1ccncc1. The van der Waals surface area contributed by atoms with Crippen LogP contribution in [0.5, 0.6) is 0 Å². The van der Waals surface area contributed by atoms with E-state index < -0.39 is 0 Å². The molecule has 0 spiro atoms. The third-order valence-electron chi connectivity index (χ3n) is 4.48. The molecular weight excluding hydrogens is 310 g/mol. The second-order valence-corrected chi connectivity index (χ2v) is 5.96. The largest absolute Gasteiger partial charge is 0.352 e. The minimum absolute atomic E-state index is 0.855. The Kier molecular flexibility index (Phi) is 4.19. The van der Waals surface area contributed by atoms with Crippen LogP contribution in [0.2, 0.25) is 0 Å². The average molecular weight is 329 g/mol. The average Bonchev–Trinajstić information content (AvgIpc) is 3.14. The number of piperazine rings is 1. The second kappa shape index (κ2) is 6.80. The van der Waals surface area contributed by atoms with Gasteiger partial charge in [0.05, 0.1) is 11.3 Å². The molecule has 0 aliphatic carbocycles. The Morgan fingerprint density at radius 1 is 1.04 bits per heavy atom. The first-order chi connectivity index (χ1) is 12.4. The summed E-state index contributed by atoms with van der Waals surface area (Å²) in [5.74, 6) is 3.74. The molecule has 1 aliphatic heterocycles. The van der Waals surface area contributed by atoms with Gasteiger partial charge in [-0.2, -0.15) is 5.10 Å². The number of pyridine rings is 1. The molecule has 1 fully saturated rings. The highest BCUT2D eigenvalue weighted by Gasteiger charge is 2.23. The van der Waals surface area contributed by atoms with Crippen molar-refractivity contribution in [2.45, 2.75) is 0 Å². The fourth-order valence-electron chi connectivity index (χ4n) is 3.25. The zero-order chi connectivity index (χ0) is 17.1. The Balaban J connectivity index is 1.90. The molecule has 0 atom stereocenters. The van der Waals surface area contributed by atoms with Gasteiger partial charge >= 0.3 is 0 Å². The normalized spacial score (nSPS) is 14.3. The topological polar surface area (TPSA) is 56.8 Å². The van der Waals surface area contributed by atoms with E-state index in [1.54, 1.807) is 12.4 Å². The predicted octanol–water partition coefficient (Wildman–Crippen LogP) is 2.53. The van der Waals surface area contributed by atoms with Gasteiger partial charge in [-0.3, -0.25) is 10.1 Å². The van der Waals surface area contributed by atoms with Crippen LogP contribution in [-0.4, -0.2) is 41.4 Å². The van der Waals surface area contributed by atoms with E-state index in [1.807, 2.05) is 36.4 Å². The molecule has 3 heterocycles. The van der Waals surface area contributed by atoms with E-state index in [4.69, 9.17) is 6.42 Å². The number of terminal acetylenes is 1. The Bertz CT molecular complexity index is 901. The van der Waals surface area contributed by atoms with E-state index in [0.29, 0.717) is 0 Å². The summed E-state index contributed by atoms with van der Waals surface area (Å²) in [5.41, 5.74) is 4.96. The summed E-state index contributed by atoms with van der Waals surface area (Å²) in [6.07, 6.45) is 9.33. The highest BCUT2D eigenvalue weighted by Crippen LogP contribution is 2.38. The van der Waals surface area contributed by atoms with Crippen molar-refractivity contribution in [2.75, 3.05) is 31.1 Å². The van der Waals surface area contributed by atoms with Gasteiger partial charge in [-0.1, -0.05) is 24.1 Å². The lowest BCUT2D eigenvalue weighted by Gasteiger charge is -2.28. The molecule has 0 bridgehead atoms. The van der Waals surface area contributed by atoms with Gasteiger partial charge in [0, 0.05) is 49.7 Å². The van der Waals surface area contributed by atoms with Crippen LogP contribution >= 0.6 is 0 Å². The molecule has 1 saturated heterocycles. The third kappa shape index (κ3) is 2.88. The zero-order valence-corrected chi connectivity index (χ0v) is 13.9. The first kappa shape index (κ1) is 15.4. The van der Waals surface area contributed by atoms with Gasteiger partial charge in [-0.05, 0) is 23.8 Å². The van der Waals surface area contributed by atoms with Gasteiger partial charge in [0.15, 0.2) is 5.82 Å². The van der Waals surface area contributed by atoms with Crippen molar-refractivity contribution >= 4 is 5.82 Å². The van der Waals surface area contributed by atoms with E-state index >= 15 is 0 Å². The number of rotatable bonds is 3. The smallest absolute Gasteiger partial charge is 0.159 e. The summed E-state index contributed by atoms with van der Waals surface area (Å²) >= 11 is 0. The number of H-pyrrole nitrogens is 1. The van der Waals surface area contributed by atoms with Crippen LogP contribution in [0.25, 0.3) is 22.4 Å². The molecule has 2 N–H and O–H groups in total. The molecule has 25 heavy (non-hydrogen) atoms. The predicted molar refractivity (Wildman–Crippen MR) is 100 cm³/mol. The second-order valence-electron chi connectivity index (χ2n) is 5.96. The number of nitrogens with one attached hydrogen (secondary N) is 2. The van der Waals surface area contributed by atoms with Gasteiger partial charge in [-0.15, -0.1) is 6.42 Å². The fourth-order valence-corrected chi connectivity index (χ4v) is 3.25. The minimum atomic E-state index is 0.855. The summed E-state index contributed by atoms with van der Waals surface area (Å²) < 4.78 is 0. The molecule has 1 aromatic carbocycles. The monoisotopic (exact) mass is 329 g/mol. The molecule has 0 amide bonds. The number of nitrogens with zero attached hydrogens (tertiary/aromatic N) is 3. The number of benzene rings is 1. The van der Waals surface area contributed by atoms with E-state index in [0.717, 1.165) is 59.9 Å². The van der Waals surface area contributed by atoms with Crippen LogP contribution in [0.4, 0.5) is 5.82 Å². The van der Waals surface area contributed by atoms with Crippen LogP contribution in [0.15, 0.2) is 48.8 Å². The number of hydrogen-bond donors (Lipinski definition) is 2. The molecule has 3 aromatic rings. The molecule has 0 saturated carbocycles. The van der Waals surface area contributed by atoms with E-state index in [2.05, 4.69) is 31.3 Å². The van der Waals surface area contributed by atoms with E-state index in [1.165, 1.54) is 0 Å². The number of hydrogen-bond acceptors (Lipinski definition) is 4. The molecule has 124 valence electrons. The molecule has 2 aromatic heterocycles. The number of aromatic nitrogens is 3. The van der Waals surface area contributed by atoms with Gasteiger partial charge in [-0.25, -0.2) is 0 Å². The van der Waals surface area contributed by atoms with E-state index in [9.17, 15) is 0 Å². The van der Waals surface area contributed by atoms with Crippen LogP contribution in [-0.2, 0) is 0 Å². The molecule has 1 aliphatic rings. The summed E-state index contributed by atoms with van der Waals surface area (Å²) in [7, 11) is 0.